The number of halogens is 1. The van der Waals surface area contributed by atoms with Crippen molar-refractivity contribution < 1.29 is 13.2 Å². The predicted molar refractivity (Wildman–Crippen MR) is 109 cm³/mol. The normalized spacial score (nSPS) is 30.5. The van der Waals surface area contributed by atoms with Crippen molar-refractivity contribution in [2.45, 2.75) is 30.6 Å². The third kappa shape index (κ3) is 2.98. The van der Waals surface area contributed by atoms with Crippen LogP contribution in [-0.2, 0) is 14.8 Å². The first-order chi connectivity index (χ1) is 13.2. The Kier molecular flexibility index (Phi) is 5.01. The first-order valence-corrected chi connectivity index (χ1v) is 11.7. The Morgan fingerprint density at radius 1 is 1.14 bits per heavy atom. The quantitative estimate of drug-likeness (QED) is 0.806. The summed E-state index contributed by atoms with van der Waals surface area (Å²) < 4.78 is 27.6. The molecular formula is C20H28ClN3O3S. The van der Waals surface area contributed by atoms with Gasteiger partial charge in [-0.3, -0.25) is 4.79 Å². The van der Waals surface area contributed by atoms with Crippen LogP contribution in [0.3, 0.4) is 0 Å². The fourth-order valence-corrected chi connectivity index (χ4v) is 7.51. The van der Waals surface area contributed by atoms with Crippen LogP contribution in [0.1, 0.15) is 25.7 Å². The van der Waals surface area contributed by atoms with Crippen LogP contribution >= 0.6 is 11.6 Å². The highest BCUT2D eigenvalue weighted by atomic mass is 35.5. The van der Waals surface area contributed by atoms with Crippen LogP contribution in [0.2, 0.25) is 5.02 Å². The molecule has 1 spiro atoms. The van der Waals surface area contributed by atoms with Gasteiger partial charge in [0.2, 0.25) is 15.9 Å². The summed E-state index contributed by atoms with van der Waals surface area (Å²) in [6.45, 7) is 2.73. The molecule has 3 aliphatic rings. The summed E-state index contributed by atoms with van der Waals surface area (Å²) in [7, 11) is 0.292. The van der Waals surface area contributed by atoms with Crippen molar-refractivity contribution in [3.05, 3.63) is 29.3 Å². The molecule has 1 aliphatic carbocycles. The largest absolute Gasteiger partial charge is 0.359 e. The molecule has 2 heterocycles. The molecule has 154 valence electrons. The Labute approximate surface area is 172 Å². The van der Waals surface area contributed by atoms with Gasteiger partial charge in [-0.1, -0.05) is 11.6 Å². The van der Waals surface area contributed by atoms with Crippen molar-refractivity contribution in [1.82, 2.24) is 14.5 Å². The van der Waals surface area contributed by atoms with Crippen LogP contribution in [-0.4, -0.2) is 63.8 Å². The topological polar surface area (TPSA) is 69.7 Å². The van der Waals surface area contributed by atoms with E-state index in [1.165, 1.54) is 0 Å². The molecule has 1 aromatic rings. The van der Waals surface area contributed by atoms with Crippen LogP contribution in [0.5, 0.6) is 0 Å². The maximum Gasteiger partial charge on any atom is 0.243 e. The number of nitrogens with one attached hydrogen (secondary N) is 1. The van der Waals surface area contributed by atoms with Gasteiger partial charge in [0, 0.05) is 38.2 Å². The van der Waals surface area contributed by atoms with Gasteiger partial charge in [0.25, 0.3) is 0 Å². The lowest BCUT2D eigenvalue weighted by Crippen LogP contribution is -2.49. The third-order valence-corrected chi connectivity index (χ3v) is 9.54. The zero-order chi connectivity index (χ0) is 20.2. The van der Waals surface area contributed by atoms with Crippen molar-refractivity contribution in [2.24, 2.45) is 16.7 Å². The molecule has 2 atom stereocenters. The van der Waals surface area contributed by atoms with Gasteiger partial charge in [-0.2, -0.15) is 4.31 Å². The minimum Gasteiger partial charge on any atom is -0.359 e. The SMILES string of the molecule is CNC(=O)[C@@]12CCC3(CCN(S(=O)(=O)c4ccc(Cl)cc4)CC3)[C@@H]1CN(C)C2. The van der Waals surface area contributed by atoms with Crippen molar-refractivity contribution >= 4 is 27.5 Å². The molecule has 1 N–H and O–H groups in total. The summed E-state index contributed by atoms with van der Waals surface area (Å²) in [5, 5.41) is 3.41. The zero-order valence-corrected chi connectivity index (χ0v) is 18.0. The minimum atomic E-state index is -3.51. The number of rotatable bonds is 3. The van der Waals surface area contributed by atoms with E-state index >= 15 is 0 Å². The summed E-state index contributed by atoms with van der Waals surface area (Å²) in [5.41, 5.74) is -0.260. The van der Waals surface area contributed by atoms with Gasteiger partial charge >= 0.3 is 0 Å². The van der Waals surface area contributed by atoms with Gasteiger partial charge < -0.3 is 10.2 Å². The van der Waals surface area contributed by atoms with Gasteiger partial charge in [-0.05, 0) is 68.3 Å². The molecular weight excluding hydrogens is 398 g/mol. The highest BCUT2D eigenvalue weighted by Gasteiger charge is 2.63. The van der Waals surface area contributed by atoms with Gasteiger partial charge in [-0.15, -0.1) is 0 Å². The van der Waals surface area contributed by atoms with Crippen LogP contribution < -0.4 is 5.32 Å². The molecule has 3 fully saturated rings. The molecule has 1 amide bonds. The van der Waals surface area contributed by atoms with Crippen LogP contribution in [0, 0.1) is 16.7 Å². The summed E-state index contributed by atoms with van der Waals surface area (Å²) in [6, 6.07) is 6.37. The molecule has 8 heteroatoms. The van der Waals surface area contributed by atoms with E-state index in [-0.39, 0.29) is 16.7 Å². The average Bonchev–Trinajstić information content (AvgIpc) is 3.17. The van der Waals surface area contributed by atoms with Gasteiger partial charge in [-0.25, -0.2) is 8.42 Å². The monoisotopic (exact) mass is 425 g/mol. The highest BCUT2D eigenvalue weighted by molar-refractivity contribution is 7.89. The van der Waals surface area contributed by atoms with Gasteiger partial charge in [0.1, 0.15) is 0 Å². The van der Waals surface area contributed by atoms with E-state index in [4.69, 9.17) is 11.6 Å². The maximum absolute atomic E-state index is 13.0. The van der Waals surface area contributed by atoms with Crippen molar-refractivity contribution in [1.29, 1.82) is 0 Å². The Morgan fingerprint density at radius 3 is 2.39 bits per heavy atom. The number of hydrogen-bond acceptors (Lipinski definition) is 4. The molecule has 6 nitrogen and oxygen atoms in total. The minimum absolute atomic E-state index is 0.0588. The number of carbonyl (C=O) groups is 1. The number of amides is 1. The summed E-state index contributed by atoms with van der Waals surface area (Å²) in [5.74, 6) is 0.445. The van der Waals surface area contributed by atoms with E-state index in [1.54, 1.807) is 35.6 Å². The van der Waals surface area contributed by atoms with E-state index in [2.05, 4.69) is 17.3 Å². The number of carbonyl (C=O) groups excluding carboxylic acids is 1. The van der Waals surface area contributed by atoms with Crippen molar-refractivity contribution in [2.75, 3.05) is 40.3 Å². The van der Waals surface area contributed by atoms with Crippen LogP contribution in [0.15, 0.2) is 29.2 Å². The molecule has 0 bridgehead atoms. The number of fused-ring (bicyclic) bond motifs is 2. The maximum atomic E-state index is 13.0. The molecule has 0 radical (unpaired) electrons. The molecule has 28 heavy (non-hydrogen) atoms. The van der Waals surface area contributed by atoms with E-state index in [0.717, 1.165) is 38.8 Å². The molecule has 1 saturated carbocycles. The fraction of sp³-hybridized carbons (Fsp3) is 0.650. The Bertz CT molecular complexity index is 865. The van der Waals surface area contributed by atoms with Gasteiger partial charge in [0.15, 0.2) is 0 Å². The number of sulfonamides is 1. The molecule has 0 unspecified atom stereocenters. The van der Waals surface area contributed by atoms with E-state index in [1.807, 2.05) is 0 Å². The van der Waals surface area contributed by atoms with E-state index < -0.39 is 10.0 Å². The van der Waals surface area contributed by atoms with Crippen LogP contribution in [0.4, 0.5) is 0 Å². The first kappa shape index (κ1) is 20.1. The molecule has 2 aliphatic heterocycles. The summed E-state index contributed by atoms with van der Waals surface area (Å²) >= 11 is 5.90. The zero-order valence-electron chi connectivity index (χ0n) is 16.4. The molecule has 4 rings (SSSR count). The lowest BCUT2D eigenvalue weighted by Gasteiger charge is -2.44. The Morgan fingerprint density at radius 2 is 1.79 bits per heavy atom. The summed E-state index contributed by atoms with van der Waals surface area (Å²) in [4.78, 5) is 15.3. The molecule has 0 aromatic heterocycles. The standard InChI is InChI=1S/C20H28ClN3O3S/c1-22-18(25)20-8-7-19(17(20)13-23(2)14-20)9-11-24(12-10-19)28(26,27)16-5-3-15(21)4-6-16/h3-6,17H,7-14H2,1-2H3,(H,22,25)/t17-,20+/m0/s1. The smallest absolute Gasteiger partial charge is 0.243 e. The number of hydrogen-bond donors (Lipinski definition) is 1. The average molecular weight is 426 g/mol. The second-order valence-corrected chi connectivity index (χ2v) is 11.1. The lowest BCUT2D eigenvalue weighted by atomic mass is 9.66. The fourth-order valence-electron chi connectivity index (χ4n) is 5.94. The Balaban J connectivity index is 1.54. The number of benzene rings is 1. The van der Waals surface area contributed by atoms with E-state index in [9.17, 15) is 13.2 Å². The Hall–Kier alpha value is -1.15. The van der Waals surface area contributed by atoms with Crippen molar-refractivity contribution in [3.8, 4) is 0 Å². The van der Waals surface area contributed by atoms with Crippen LogP contribution in [0.25, 0.3) is 0 Å². The lowest BCUT2D eigenvalue weighted by molar-refractivity contribution is -0.132. The number of likely N-dealkylation sites (tertiary alicyclic amines) is 1. The van der Waals surface area contributed by atoms with Gasteiger partial charge in [0.05, 0.1) is 10.3 Å². The highest BCUT2D eigenvalue weighted by Crippen LogP contribution is 2.62. The van der Waals surface area contributed by atoms with E-state index in [0.29, 0.717) is 28.9 Å². The second-order valence-electron chi connectivity index (χ2n) is 8.70. The predicted octanol–water partition coefficient (Wildman–Crippen LogP) is 2.20. The third-order valence-electron chi connectivity index (χ3n) is 7.37. The molecule has 1 aromatic carbocycles. The summed E-state index contributed by atoms with van der Waals surface area (Å²) in [6.07, 6.45) is 3.54. The second kappa shape index (κ2) is 6.97. The van der Waals surface area contributed by atoms with Crippen molar-refractivity contribution in [3.63, 3.8) is 0 Å². The first-order valence-electron chi connectivity index (χ1n) is 9.90. The number of nitrogens with zero attached hydrogens (tertiary/aromatic N) is 2. The molecule has 2 saturated heterocycles. The number of piperidine rings is 1.